The van der Waals surface area contributed by atoms with Crippen LogP contribution < -0.4 is 0 Å². The molecular formula is C23H25NO8. The van der Waals surface area contributed by atoms with E-state index < -0.39 is 64.0 Å². The van der Waals surface area contributed by atoms with Crippen molar-refractivity contribution in [3.8, 4) is 5.75 Å². The van der Waals surface area contributed by atoms with Gasteiger partial charge in [-0.15, -0.1) is 0 Å². The molecule has 3 aliphatic carbocycles. The van der Waals surface area contributed by atoms with Crippen molar-refractivity contribution in [2.75, 3.05) is 21.2 Å². The van der Waals surface area contributed by atoms with Crippen molar-refractivity contribution in [3.63, 3.8) is 0 Å². The van der Waals surface area contributed by atoms with E-state index >= 15 is 0 Å². The van der Waals surface area contributed by atoms with Gasteiger partial charge in [-0.2, -0.15) is 0 Å². The molecule has 170 valence electrons. The lowest BCUT2D eigenvalue weighted by molar-refractivity contribution is -0.171. The lowest BCUT2D eigenvalue weighted by atomic mass is 9.56. The summed E-state index contributed by atoms with van der Waals surface area (Å²) in [6.45, 7) is 1.06. The maximum Gasteiger partial charge on any atom is 0.202 e. The number of aromatic hydroxyl groups is 1. The zero-order valence-corrected chi connectivity index (χ0v) is 18.1. The summed E-state index contributed by atoms with van der Waals surface area (Å²) in [7, 11) is 4.49. The molecule has 4 rings (SSSR count). The van der Waals surface area contributed by atoms with E-state index in [2.05, 4.69) is 0 Å². The van der Waals surface area contributed by atoms with Crippen molar-refractivity contribution in [2.24, 2.45) is 11.8 Å². The highest BCUT2D eigenvalue weighted by atomic mass is 16.5. The Hall–Kier alpha value is -3.01. The van der Waals surface area contributed by atoms with Crippen LogP contribution in [0.4, 0.5) is 0 Å². The molecule has 0 saturated heterocycles. The Kier molecular flexibility index (Phi) is 5.04. The van der Waals surface area contributed by atoms with Gasteiger partial charge in [-0.25, -0.2) is 0 Å². The maximum atomic E-state index is 13.7. The average Bonchev–Trinajstić information content (AvgIpc) is 2.70. The van der Waals surface area contributed by atoms with Gasteiger partial charge in [-0.05, 0) is 39.1 Å². The molecular weight excluding hydrogens is 418 g/mol. The minimum Gasteiger partial charge on any atom is -0.508 e. The molecule has 0 spiro atoms. The predicted molar refractivity (Wildman–Crippen MR) is 112 cm³/mol. The SMILES string of the molecule is CO[C@@H]1[C@H]2[C@H](N(C)C)C(=O)C(C(C)=O)=C(O)[C@@]2(O)C(=O)C2=C(O)c3c(O)cccc3C[C@H]21. The summed E-state index contributed by atoms with van der Waals surface area (Å²) in [6, 6.07) is 3.52. The number of aliphatic hydroxyl groups excluding tert-OH is 2. The molecule has 1 aromatic rings. The van der Waals surface area contributed by atoms with Crippen molar-refractivity contribution in [2.45, 2.75) is 31.1 Å². The first-order valence-corrected chi connectivity index (χ1v) is 10.2. The van der Waals surface area contributed by atoms with Crippen LogP contribution in [0.15, 0.2) is 35.1 Å². The number of likely N-dealkylation sites (N-methyl/N-ethyl adjacent to an activating group) is 1. The summed E-state index contributed by atoms with van der Waals surface area (Å²) in [4.78, 5) is 40.6. The number of rotatable bonds is 3. The molecule has 0 heterocycles. The van der Waals surface area contributed by atoms with E-state index in [0.717, 1.165) is 6.92 Å². The van der Waals surface area contributed by atoms with Gasteiger partial charge in [0.15, 0.2) is 17.2 Å². The van der Waals surface area contributed by atoms with Gasteiger partial charge in [0.1, 0.15) is 22.8 Å². The van der Waals surface area contributed by atoms with Crippen LogP contribution in [0.5, 0.6) is 5.75 Å². The smallest absolute Gasteiger partial charge is 0.202 e. The molecule has 9 nitrogen and oxygen atoms in total. The van der Waals surface area contributed by atoms with Crippen LogP contribution in [0, 0.1) is 11.8 Å². The molecule has 0 amide bonds. The van der Waals surface area contributed by atoms with Gasteiger partial charge in [-0.3, -0.25) is 19.3 Å². The molecule has 0 bridgehead atoms. The predicted octanol–water partition coefficient (Wildman–Crippen LogP) is 0.693. The van der Waals surface area contributed by atoms with Crippen LogP contribution in [0.2, 0.25) is 0 Å². The number of phenols is 1. The van der Waals surface area contributed by atoms with E-state index in [4.69, 9.17) is 4.74 Å². The monoisotopic (exact) mass is 443 g/mol. The Bertz CT molecular complexity index is 1120. The van der Waals surface area contributed by atoms with E-state index in [1.54, 1.807) is 26.2 Å². The second kappa shape index (κ2) is 7.26. The lowest BCUT2D eigenvalue weighted by Crippen LogP contribution is -2.70. The Labute approximate surface area is 184 Å². The second-order valence-corrected chi connectivity index (χ2v) is 8.76. The minimum atomic E-state index is -2.67. The number of aliphatic hydroxyl groups is 3. The number of Topliss-reactive ketones (excluding diaryl/α,β-unsaturated/α-hetero) is 3. The fraction of sp³-hybridized carbons (Fsp3) is 0.435. The summed E-state index contributed by atoms with van der Waals surface area (Å²) >= 11 is 0. The number of ketones is 3. The first-order valence-electron chi connectivity index (χ1n) is 10.2. The number of hydrogen-bond donors (Lipinski definition) is 4. The average molecular weight is 443 g/mol. The van der Waals surface area contributed by atoms with Crippen LogP contribution in [0.1, 0.15) is 18.1 Å². The molecule has 32 heavy (non-hydrogen) atoms. The van der Waals surface area contributed by atoms with Gasteiger partial charge in [0.05, 0.1) is 23.6 Å². The van der Waals surface area contributed by atoms with Gasteiger partial charge in [0.25, 0.3) is 0 Å². The van der Waals surface area contributed by atoms with Crippen LogP contribution >= 0.6 is 0 Å². The molecule has 1 fully saturated rings. The number of phenolic OH excluding ortho intramolecular Hbond substituents is 1. The first kappa shape index (κ1) is 22.2. The summed E-state index contributed by atoms with van der Waals surface area (Å²) in [5.41, 5.74) is -2.90. The number of fused-ring (bicyclic) bond motifs is 3. The van der Waals surface area contributed by atoms with E-state index in [0.29, 0.717) is 5.56 Å². The zero-order valence-electron chi connectivity index (χ0n) is 18.1. The lowest BCUT2D eigenvalue weighted by Gasteiger charge is -2.53. The number of benzene rings is 1. The summed E-state index contributed by atoms with van der Waals surface area (Å²) in [5, 5.41) is 43.9. The second-order valence-electron chi connectivity index (χ2n) is 8.76. The molecule has 3 aliphatic rings. The van der Waals surface area contributed by atoms with Gasteiger partial charge in [0, 0.05) is 18.6 Å². The molecule has 9 heteroatoms. The maximum absolute atomic E-state index is 13.7. The van der Waals surface area contributed by atoms with Crippen LogP contribution in [-0.4, -0.2) is 81.6 Å². The molecule has 5 atom stereocenters. The Morgan fingerprint density at radius 3 is 2.41 bits per heavy atom. The van der Waals surface area contributed by atoms with Crippen molar-refractivity contribution in [1.82, 2.24) is 4.90 Å². The number of ether oxygens (including phenoxy) is 1. The van der Waals surface area contributed by atoms with Gasteiger partial charge in [-0.1, -0.05) is 12.1 Å². The molecule has 0 radical (unpaired) electrons. The van der Waals surface area contributed by atoms with Crippen LogP contribution in [0.25, 0.3) is 5.76 Å². The van der Waals surface area contributed by atoms with Crippen molar-refractivity contribution < 1.29 is 39.5 Å². The normalized spacial score (nSPS) is 32.1. The number of nitrogens with zero attached hydrogens (tertiary/aromatic N) is 1. The Morgan fingerprint density at radius 1 is 1.19 bits per heavy atom. The molecule has 0 aromatic heterocycles. The summed E-state index contributed by atoms with van der Waals surface area (Å²) < 4.78 is 5.69. The van der Waals surface area contributed by atoms with Gasteiger partial charge < -0.3 is 25.2 Å². The third-order valence-corrected chi connectivity index (χ3v) is 6.89. The number of hydrogen-bond acceptors (Lipinski definition) is 9. The standard InChI is InChI=1S/C23H25NO8/c1-9(25)13-19(28)17(24(2)3)16-20(32-4)11-8-10-6-5-7-12(26)14(10)18(27)15(11)22(30)23(16,31)21(13)29/h5-7,11,16-17,20,26-27,29,31H,8H2,1-4H3/t11-,16-,17+,20+,23-/m1/s1. The number of methoxy groups -OCH3 is 1. The highest BCUT2D eigenvalue weighted by Gasteiger charge is 2.67. The van der Waals surface area contributed by atoms with Gasteiger partial charge >= 0.3 is 0 Å². The Morgan fingerprint density at radius 2 is 1.84 bits per heavy atom. The summed E-state index contributed by atoms with van der Waals surface area (Å²) in [6.07, 6.45) is -0.782. The molecule has 4 N–H and O–H groups in total. The third-order valence-electron chi connectivity index (χ3n) is 6.89. The van der Waals surface area contributed by atoms with Crippen molar-refractivity contribution in [3.05, 3.63) is 46.2 Å². The quantitative estimate of drug-likeness (QED) is 0.496. The van der Waals surface area contributed by atoms with Crippen LogP contribution in [-0.2, 0) is 25.5 Å². The molecule has 0 aliphatic heterocycles. The third kappa shape index (κ3) is 2.65. The zero-order chi connectivity index (χ0) is 23.7. The number of carbonyl (C=O) groups excluding carboxylic acids is 3. The Balaban J connectivity index is 2.06. The number of carbonyl (C=O) groups is 3. The van der Waals surface area contributed by atoms with E-state index in [1.807, 2.05) is 0 Å². The fourth-order valence-electron chi connectivity index (χ4n) is 5.58. The van der Waals surface area contributed by atoms with Crippen LogP contribution in [0.3, 0.4) is 0 Å². The van der Waals surface area contributed by atoms with Crippen molar-refractivity contribution in [1.29, 1.82) is 0 Å². The van der Waals surface area contributed by atoms with E-state index in [1.165, 1.54) is 18.1 Å². The molecule has 1 aromatic carbocycles. The highest BCUT2D eigenvalue weighted by molar-refractivity contribution is 6.25. The molecule has 1 saturated carbocycles. The fourth-order valence-corrected chi connectivity index (χ4v) is 5.58. The van der Waals surface area contributed by atoms with E-state index in [9.17, 15) is 34.8 Å². The summed E-state index contributed by atoms with van der Waals surface area (Å²) in [5.74, 6) is -6.33. The van der Waals surface area contributed by atoms with Crippen molar-refractivity contribution >= 4 is 23.1 Å². The van der Waals surface area contributed by atoms with Gasteiger partial charge in [0.2, 0.25) is 5.78 Å². The first-order chi connectivity index (χ1) is 15.0. The topological polar surface area (TPSA) is 145 Å². The minimum absolute atomic E-state index is 0.0651. The van der Waals surface area contributed by atoms with E-state index in [-0.39, 0.29) is 23.3 Å². The largest absolute Gasteiger partial charge is 0.508 e. The highest BCUT2D eigenvalue weighted by Crippen LogP contribution is 2.53. The molecule has 0 unspecified atom stereocenters.